The van der Waals surface area contributed by atoms with E-state index < -0.39 is 7.04 Å². The van der Waals surface area contributed by atoms with Crippen LogP contribution in [0.3, 0.4) is 0 Å². The molecule has 2 aromatic carbocycles. The molecule has 2 N–H and O–H groups in total. The second-order valence-corrected chi connectivity index (χ2v) is 13.9. The summed E-state index contributed by atoms with van der Waals surface area (Å²) < 4.78 is 47.7. The van der Waals surface area contributed by atoms with Crippen LogP contribution >= 0.6 is 0 Å². The van der Waals surface area contributed by atoms with Gasteiger partial charge in [-0.15, -0.1) is 0 Å². The molecule has 0 amide bonds. The predicted octanol–water partition coefficient (Wildman–Crippen LogP) is 8.64. The standard InChI is InChI=1S/C17H23NO2.C16H19NO.CH4O.CH4/c1-16(2)10-17(3,4)15(20-5)13-11-8-6-7-9-12(11)18(19)14(13)16;1-15(2)9-12-11-7-5-6-8-13(11)17(18)14(12)16(3,4)10-15;1-2;/h6-9,15,19H,10H2,1-5H3;5-9H,10H2,1-4H3;2H,1H3;1H4/t15-;;;/m1.../s1/i5D,19D;;1D3,2D;. The second-order valence-electron chi connectivity index (χ2n) is 13.9. The third-order valence-electron chi connectivity index (χ3n) is 8.49. The summed E-state index contributed by atoms with van der Waals surface area (Å²) in [5.74, 6) is 0. The van der Waals surface area contributed by atoms with Gasteiger partial charge in [0.25, 0.3) is 0 Å². The van der Waals surface area contributed by atoms with Gasteiger partial charge in [0.1, 0.15) is 0 Å². The van der Waals surface area contributed by atoms with E-state index in [1.54, 1.807) is 4.73 Å². The number of ether oxygens (including phenoxy) is 1. The number of hydrogen-bond donors (Lipinski definition) is 2. The van der Waals surface area contributed by atoms with E-state index in [1.165, 1.54) is 0 Å². The Morgan fingerprint density at radius 1 is 0.976 bits per heavy atom. The van der Waals surface area contributed by atoms with Crippen molar-refractivity contribution < 1.29 is 26.7 Å². The molecule has 0 saturated carbocycles. The van der Waals surface area contributed by atoms with E-state index in [-0.39, 0.29) is 42.3 Å². The molecule has 0 radical (unpaired) electrons. The average Bonchev–Trinajstić information content (AvgIpc) is 3.43. The van der Waals surface area contributed by atoms with Crippen molar-refractivity contribution in [3.63, 3.8) is 0 Å². The predicted molar refractivity (Wildman–Crippen MR) is 170 cm³/mol. The molecule has 224 valence electrons. The Kier molecular flexibility index (Phi) is 6.55. The lowest BCUT2D eigenvalue weighted by Gasteiger charge is -2.45. The molecule has 0 fully saturated rings. The van der Waals surface area contributed by atoms with Crippen molar-refractivity contribution in [3.05, 3.63) is 76.6 Å². The molecule has 1 aromatic heterocycles. The number of methoxy groups -OCH3 is 1. The quantitative estimate of drug-likeness (QED) is 0.184. The van der Waals surface area contributed by atoms with Crippen LogP contribution < -0.4 is 0 Å². The van der Waals surface area contributed by atoms with Crippen LogP contribution in [0.1, 0.15) is 104 Å². The number of rotatable bonds is 2. The number of allylic oxidation sites excluding steroid dienone is 2. The molecule has 0 saturated heterocycles. The Hall–Kier alpha value is -3.09. The van der Waals surface area contributed by atoms with Gasteiger partial charge in [-0.1, -0.05) is 85.4 Å². The highest BCUT2D eigenvalue weighted by atomic mass is 16.5. The van der Waals surface area contributed by atoms with E-state index in [1.807, 2.05) is 42.5 Å². The van der Waals surface area contributed by atoms with Crippen molar-refractivity contribution in [1.29, 1.82) is 1.43 Å². The van der Waals surface area contributed by atoms with Gasteiger partial charge in [-0.05, 0) is 49.7 Å². The monoisotopic (exact) mass is 568 g/mol. The first-order valence-electron chi connectivity index (χ1n) is 16.7. The molecule has 0 unspecified atom stereocenters. The van der Waals surface area contributed by atoms with Crippen LogP contribution in [0.25, 0.3) is 16.5 Å². The fourth-order valence-corrected chi connectivity index (χ4v) is 7.84. The van der Waals surface area contributed by atoms with Gasteiger partial charge in [0.2, 0.25) is 12.8 Å². The van der Waals surface area contributed by atoms with Gasteiger partial charge < -0.3 is 20.3 Å². The summed E-state index contributed by atoms with van der Waals surface area (Å²) >= 11 is 0. The van der Waals surface area contributed by atoms with Gasteiger partial charge in [-0.2, -0.15) is 9.47 Å². The maximum Gasteiger partial charge on any atom is 0.327 e. The van der Waals surface area contributed by atoms with Crippen LogP contribution in [0, 0.1) is 21.5 Å². The molecule has 1 aliphatic heterocycles. The lowest BCUT2D eigenvalue weighted by molar-refractivity contribution is -0.361. The molecule has 6 heteroatoms. The van der Waals surface area contributed by atoms with Crippen LogP contribution in [-0.2, 0) is 10.2 Å². The van der Waals surface area contributed by atoms with Crippen molar-refractivity contribution in [2.75, 3.05) is 14.1 Å². The summed E-state index contributed by atoms with van der Waals surface area (Å²) in [6.07, 6.45) is 4.00. The molecule has 0 bridgehead atoms. The maximum absolute atomic E-state index is 12.5. The molecule has 41 heavy (non-hydrogen) atoms. The minimum Gasteiger partial charge on any atom is -0.618 e. The summed E-state index contributed by atoms with van der Waals surface area (Å²) in [4.78, 5) is 0. The molecule has 3 aliphatic rings. The zero-order chi connectivity index (χ0) is 34.5. The number of aliphatic hydroxyl groups is 1. The van der Waals surface area contributed by atoms with Crippen molar-refractivity contribution in [2.24, 2.45) is 16.2 Å². The molecule has 6 nitrogen and oxygen atoms in total. The smallest absolute Gasteiger partial charge is 0.327 e. The second kappa shape index (κ2) is 11.0. The Labute approximate surface area is 255 Å². The molecule has 2 heterocycles. The number of nitrogens with zero attached hydrogens (tertiary/aromatic N) is 2. The van der Waals surface area contributed by atoms with Crippen LogP contribution in [0.15, 0.2) is 54.6 Å². The van der Waals surface area contributed by atoms with Gasteiger partial charge in [0.15, 0.2) is 0 Å². The van der Waals surface area contributed by atoms with Crippen molar-refractivity contribution in [3.8, 4) is 0 Å². The fourth-order valence-electron chi connectivity index (χ4n) is 7.84. The highest BCUT2D eigenvalue weighted by Gasteiger charge is 2.49. The van der Waals surface area contributed by atoms with Crippen molar-refractivity contribution >= 4 is 27.9 Å². The number of benzene rings is 2. The largest absolute Gasteiger partial charge is 0.618 e. The number of fused-ring (bicyclic) bond motifs is 6. The number of aromatic nitrogens is 1. The molecule has 3 aromatic rings. The van der Waals surface area contributed by atoms with Crippen LogP contribution in [0.4, 0.5) is 5.69 Å². The third-order valence-corrected chi connectivity index (χ3v) is 8.49. The van der Waals surface area contributed by atoms with E-state index in [0.717, 1.165) is 62.3 Å². The Balaban J connectivity index is 0.000000217. The summed E-state index contributed by atoms with van der Waals surface area (Å²) in [5.41, 5.74) is 6.73. The molecular weight excluding hydrogens is 512 g/mol. The molecular formula is C35H50N2O4. The summed E-state index contributed by atoms with van der Waals surface area (Å²) in [5, 5.41) is 21.7. The molecule has 2 aliphatic carbocycles. The van der Waals surface area contributed by atoms with Crippen molar-refractivity contribution in [2.45, 2.75) is 87.2 Å². The van der Waals surface area contributed by atoms with E-state index in [4.69, 9.17) is 18.3 Å². The molecule has 6 rings (SSSR count). The van der Waals surface area contributed by atoms with Crippen LogP contribution in [-0.4, -0.2) is 41.1 Å². The minimum absolute atomic E-state index is 0. The van der Waals surface area contributed by atoms with Crippen LogP contribution in [0.2, 0.25) is 1.43 Å². The van der Waals surface area contributed by atoms with E-state index in [0.29, 0.717) is 0 Å². The first-order valence-corrected chi connectivity index (χ1v) is 13.7. The highest BCUT2D eigenvalue weighted by molar-refractivity contribution is 6.27. The van der Waals surface area contributed by atoms with E-state index in [2.05, 4.69) is 72.6 Å². The average molecular weight is 569 g/mol. The number of hydrogen-bond acceptors (Lipinski definition) is 4. The van der Waals surface area contributed by atoms with Gasteiger partial charge >= 0.3 is 1.43 Å². The molecule has 1 atom stereocenters. The van der Waals surface area contributed by atoms with Gasteiger partial charge in [0, 0.05) is 36.6 Å². The first-order chi connectivity index (χ1) is 21.2. The maximum atomic E-state index is 12.5. The normalized spacial score (nSPS) is 24.3. The summed E-state index contributed by atoms with van der Waals surface area (Å²) in [6.45, 7) is 17.6. The van der Waals surface area contributed by atoms with Gasteiger partial charge in [-0.3, -0.25) is 0 Å². The Morgan fingerprint density at radius 2 is 1.63 bits per heavy atom. The fraction of sp³-hybridized carbons (Fsp3) is 0.514. The zero-order valence-corrected chi connectivity index (χ0v) is 24.9. The van der Waals surface area contributed by atoms with E-state index in [9.17, 15) is 5.21 Å². The first kappa shape index (κ1) is 24.5. The molecule has 0 spiro atoms. The Morgan fingerprint density at radius 3 is 2.29 bits per heavy atom. The zero-order valence-electron chi connectivity index (χ0n) is 30.9. The van der Waals surface area contributed by atoms with E-state index >= 15 is 0 Å². The number of para-hydroxylation sites is 2. The lowest BCUT2D eigenvalue weighted by atomic mass is 9.63. The summed E-state index contributed by atoms with van der Waals surface area (Å²) in [7, 11) is -2.62. The SMILES string of the molecule is C.CC1(C)C=C2C(=[N+]([O-])c3ccccc32)C(C)(C)C1.[2H]CO[C@@H]1c2c(n(O[2H])c3ccccc23)C(C)(C)CC1(C)C.[2H]OC([2H])([2H])[2H]. The van der Waals surface area contributed by atoms with Crippen molar-refractivity contribution in [1.82, 2.24) is 4.73 Å². The lowest BCUT2D eigenvalue weighted by Crippen LogP contribution is -2.39. The minimum atomic E-state index is -2.54. The third kappa shape index (κ3) is 5.32. The highest BCUT2D eigenvalue weighted by Crippen LogP contribution is 2.55. The van der Waals surface area contributed by atoms with Gasteiger partial charge in [0.05, 0.1) is 39.3 Å². The van der Waals surface area contributed by atoms with Crippen LogP contribution in [0.5, 0.6) is 0 Å². The summed E-state index contributed by atoms with van der Waals surface area (Å²) in [6, 6.07) is 15.8. The Bertz CT molecular complexity index is 1650. The topological polar surface area (TPSA) is 80.7 Å². The van der Waals surface area contributed by atoms with Gasteiger partial charge in [-0.25, -0.2) is 0 Å².